The van der Waals surface area contributed by atoms with Gasteiger partial charge in [-0.25, -0.2) is 4.79 Å². The number of piperidine rings is 1. The summed E-state index contributed by atoms with van der Waals surface area (Å²) in [5, 5.41) is 3.84. The molecule has 0 aliphatic carbocycles. The molecule has 2 saturated heterocycles. The molecule has 2 fully saturated rings. The fourth-order valence-electron chi connectivity index (χ4n) is 3.52. The number of nitrogens with zero attached hydrogens (tertiary/aromatic N) is 3. The Morgan fingerprint density at radius 3 is 2.40 bits per heavy atom. The fourth-order valence-corrected chi connectivity index (χ4v) is 3.82. The highest BCUT2D eigenvalue weighted by Gasteiger charge is 2.24. The number of anilines is 1. The molecule has 0 aromatic heterocycles. The lowest BCUT2D eigenvalue weighted by Gasteiger charge is -2.38. The third-order valence-corrected chi connectivity index (χ3v) is 5.92. The molecule has 2 amide bonds. The van der Waals surface area contributed by atoms with Crippen LogP contribution in [0.3, 0.4) is 0 Å². The van der Waals surface area contributed by atoms with E-state index in [1.165, 1.54) is 25.9 Å². The average Bonchev–Trinajstić information content (AvgIpc) is 2.61. The van der Waals surface area contributed by atoms with Crippen LogP contribution in [-0.2, 0) is 0 Å². The van der Waals surface area contributed by atoms with Crippen molar-refractivity contribution in [3.63, 3.8) is 0 Å². The first-order chi connectivity index (χ1) is 12.0. The standard InChI is InChI=1S/C18H26Cl2N4O/c1-22-6-4-14(5-7-22)13-23-8-10-24(11-9-23)18(25)21-15-2-3-16(19)17(20)12-15/h2-3,12,14H,4-11,13H2,1H3,(H,21,25). The number of likely N-dealkylation sites (tertiary alicyclic amines) is 1. The predicted octanol–water partition coefficient (Wildman–Crippen LogP) is 3.48. The number of amides is 2. The van der Waals surface area contributed by atoms with Crippen LogP contribution in [0.5, 0.6) is 0 Å². The first-order valence-electron chi connectivity index (χ1n) is 8.93. The van der Waals surface area contributed by atoms with Crippen molar-refractivity contribution in [2.75, 3.05) is 58.2 Å². The Morgan fingerprint density at radius 1 is 1.08 bits per heavy atom. The van der Waals surface area contributed by atoms with E-state index < -0.39 is 0 Å². The molecule has 1 aromatic carbocycles. The molecule has 3 rings (SSSR count). The highest BCUT2D eigenvalue weighted by atomic mass is 35.5. The number of hydrogen-bond acceptors (Lipinski definition) is 3. The Morgan fingerprint density at radius 2 is 1.76 bits per heavy atom. The summed E-state index contributed by atoms with van der Waals surface area (Å²) < 4.78 is 0. The van der Waals surface area contributed by atoms with E-state index in [4.69, 9.17) is 23.2 Å². The van der Waals surface area contributed by atoms with Gasteiger partial charge >= 0.3 is 6.03 Å². The molecule has 5 nitrogen and oxygen atoms in total. The lowest BCUT2D eigenvalue weighted by Crippen LogP contribution is -2.51. The van der Waals surface area contributed by atoms with E-state index in [0.29, 0.717) is 15.7 Å². The van der Waals surface area contributed by atoms with Crippen molar-refractivity contribution in [1.29, 1.82) is 0 Å². The van der Waals surface area contributed by atoms with E-state index in [0.717, 1.165) is 38.6 Å². The number of urea groups is 1. The van der Waals surface area contributed by atoms with Gasteiger partial charge in [-0.05, 0) is 57.1 Å². The van der Waals surface area contributed by atoms with Crippen molar-refractivity contribution in [2.45, 2.75) is 12.8 Å². The molecular formula is C18H26Cl2N4O. The zero-order valence-corrected chi connectivity index (χ0v) is 16.2. The summed E-state index contributed by atoms with van der Waals surface area (Å²) >= 11 is 11.9. The normalized spacial score (nSPS) is 20.7. The van der Waals surface area contributed by atoms with Gasteiger partial charge in [0.2, 0.25) is 0 Å². The molecule has 0 radical (unpaired) electrons. The van der Waals surface area contributed by atoms with Gasteiger partial charge in [-0.2, -0.15) is 0 Å². The van der Waals surface area contributed by atoms with E-state index in [2.05, 4.69) is 22.2 Å². The molecule has 7 heteroatoms. The number of halogens is 2. The molecule has 2 heterocycles. The van der Waals surface area contributed by atoms with Crippen LogP contribution >= 0.6 is 23.2 Å². The maximum atomic E-state index is 12.4. The first-order valence-corrected chi connectivity index (χ1v) is 9.69. The second kappa shape index (κ2) is 8.58. The second-order valence-electron chi connectivity index (χ2n) is 7.09. The number of rotatable bonds is 3. The predicted molar refractivity (Wildman–Crippen MR) is 104 cm³/mol. The SMILES string of the molecule is CN1CCC(CN2CCN(C(=O)Nc3ccc(Cl)c(Cl)c3)CC2)CC1. The Labute approximate surface area is 159 Å². The van der Waals surface area contributed by atoms with Gasteiger partial charge in [-0.15, -0.1) is 0 Å². The lowest BCUT2D eigenvalue weighted by molar-refractivity contribution is 0.113. The van der Waals surface area contributed by atoms with Gasteiger partial charge in [-0.3, -0.25) is 4.90 Å². The third-order valence-electron chi connectivity index (χ3n) is 5.18. The molecule has 25 heavy (non-hydrogen) atoms. The summed E-state index contributed by atoms with van der Waals surface area (Å²) in [7, 11) is 2.20. The van der Waals surface area contributed by atoms with Crippen LogP contribution in [0.1, 0.15) is 12.8 Å². The monoisotopic (exact) mass is 384 g/mol. The van der Waals surface area contributed by atoms with Crippen LogP contribution < -0.4 is 5.32 Å². The summed E-state index contributed by atoms with van der Waals surface area (Å²) in [6.45, 7) is 6.99. The van der Waals surface area contributed by atoms with E-state index >= 15 is 0 Å². The van der Waals surface area contributed by atoms with Crippen molar-refractivity contribution < 1.29 is 4.79 Å². The van der Waals surface area contributed by atoms with Crippen LogP contribution in [0.2, 0.25) is 10.0 Å². The number of hydrogen-bond donors (Lipinski definition) is 1. The summed E-state index contributed by atoms with van der Waals surface area (Å²) in [6.07, 6.45) is 2.57. The quantitative estimate of drug-likeness (QED) is 0.866. The Bertz CT molecular complexity index is 597. The smallest absolute Gasteiger partial charge is 0.321 e. The topological polar surface area (TPSA) is 38.8 Å². The van der Waals surface area contributed by atoms with Crippen molar-refractivity contribution in [2.24, 2.45) is 5.92 Å². The number of carbonyl (C=O) groups excluding carboxylic acids is 1. The lowest BCUT2D eigenvalue weighted by atomic mass is 9.96. The Balaban J connectivity index is 1.43. The van der Waals surface area contributed by atoms with E-state index in [1.807, 2.05) is 4.90 Å². The number of benzene rings is 1. The molecule has 2 aliphatic rings. The van der Waals surface area contributed by atoms with Crippen LogP contribution in [-0.4, -0.2) is 73.6 Å². The number of nitrogens with one attached hydrogen (secondary N) is 1. The second-order valence-corrected chi connectivity index (χ2v) is 7.91. The van der Waals surface area contributed by atoms with E-state index in [-0.39, 0.29) is 6.03 Å². The van der Waals surface area contributed by atoms with Crippen molar-refractivity contribution in [3.8, 4) is 0 Å². The van der Waals surface area contributed by atoms with Gasteiger partial charge in [-0.1, -0.05) is 23.2 Å². The summed E-state index contributed by atoms with van der Waals surface area (Å²) in [5.74, 6) is 0.799. The molecule has 0 saturated carbocycles. The Kier molecular flexibility index (Phi) is 6.44. The Hall–Kier alpha value is -1.01. The largest absolute Gasteiger partial charge is 0.322 e. The van der Waals surface area contributed by atoms with Gasteiger partial charge in [0.15, 0.2) is 0 Å². The fraction of sp³-hybridized carbons (Fsp3) is 0.611. The molecule has 1 aromatic rings. The molecular weight excluding hydrogens is 359 g/mol. The highest BCUT2D eigenvalue weighted by molar-refractivity contribution is 6.42. The maximum Gasteiger partial charge on any atom is 0.321 e. The summed E-state index contributed by atoms with van der Waals surface area (Å²) in [5.41, 5.74) is 0.674. The minimum absolute atomic E-state index is 0.0719. The zero-order chi connectivity index (χ0) is 17.8. The van der Waals surface area contributed by atoms with E-state index in [9.17, 15) is 4.79 Å². The average molecular weight is 385 g/mol. The summed E-state index contributed by atoms with van der Waals surface area (Å²) in [6, 6.07) is 5.07. The zero-order valence-electron chi connectivity index (χ0n) is 14.7. The first kappa shape index (κ1) is 18.8. The minimum atomic E-state index is -0.0719. The molecule has 0 bridgehead atoms. The molecule has 138 valence electrons. The van der Waals surface area contributed by atoms with E-state index in [1.54, 1.807) is 18.2 Å². The van der Waals surface area contributed by atoms with Gasteiger partial charge in [0.1, 0.15) is 0 Å². The maximum absolute atomic E-state index is 12.4. The van der Waals surface area contributed by atoms with Crippen LogP contribution in [0.4, 0.5) is 10.5 Å². The van der Waals surface area contributed by atoms with Gasteiger partial charge < -0.3 is 15.1 Å². The van der Waals surface area contributed by atoms with Crippen LogP contribution in [0.25, 0.3) is 0 Å². The molecule has 0 unspecified atom stereocenters. The van der Waals surface area contributed by atoms with Crippen molar-refractivity contribution in [1.82, 2.24) is 14.7 Å². The van der Waals surface area contributed by atoms with Gasteiger partial charge in [0, 0.05) is 38.4 Å². The third kappa shape index (κ3) is 5.23. The van der Waals surface area contributed by atoms with Crippen molar-refractivity contribution in [3.05, 3.63) is 28.2 Å². The highest BCUT2D eigenvalue weighted by Crippen LogP contribution is 2.25. The van der Waals surface area contributed by atoms with Crippen LogP contribution in [0.15, 0.2) is 18.2 Å². The number of piperazine rings is 1. The molecule has 2 aliphatic heterocycles. The summed E-state index contributed by atoms with van der Waals surface area (Å²) in [4.78, 5) is 19.2. The molecule has 1 N–H and O–H groups in total. The van der Waals surface area contributed by atoms with Gasteiger partial charge in [0.25, 0.3) is 0 Å². The number of carbonyl (C=O) groups is 1. The molecule has 0 atom stereocenters. The minimum Gasteiger partial charge on any atom is -0.322 e. The van der Waals surface area contributed by atoms with Crippen molar-refractivity contribution >= 4 is 34.9 Å². The molecule has 0 spiro atoms. The van der Waals surface area contributed by atoms with Gasteiger partial charge in [0.05, 0.1) is 10.0 Å². The van der Waals surface area contributed by atoms with Crippen LogP contribution in [0, 0.1) is 5.92 Å².